The molecule has 0 aliphatic rings. The molecule has 1 unspecified atom stereocenters. The number of carbonyl (C=O) groups is 1. The predicted octanol–water partition coefficient (Wildman–Crippen LogP) is 2.60. The molecule has 106 valence electrons. The Balaban J connectivity index is 1.70. The van der Waals surface area contributed by atoms with Gasteiger partial charge in [-0.1, -0.05) is 46.3 Å². The second kappa shape index (κ2) is 6.05. The number of alkyl halides is 1. The lowest BCUT2D eigenvalue weighted by Crippen LogP contribution is -2.26. The Kier molecular flexibility index (Phi) is 3.96. The molecule has 0 aliphatic heterocycles. The normalized spacial score (nSPS) is 12.2. The monoisotopic (exact) mass is 344 g/mol. The van der Waals surface area contributed by atoms with Crippen molar-refractivity contribution in [2.75, 3.05) is 6.54 Å². The van der Waals surface area contributed by atoms with E-state index in [1.807, 2.05) is 30.3 Å². The zero-order valence-electron chi connectivity index (χ0n) is 11.1. The van der Waals surface area contributed by atoms with E-state index in [0.717, 1.165) is 5.56 Å². The standard InChI is InChI=1S/C15H13BrN4O/c16-13(11-4-2-1-3-5-11)9-18-15(21)12-8-19-20-7-6-17-10-14(12)20/h1-8,10,13H,9H2,(H,18,21). The molecule has 1 aromatic carbocycles. The fraction of sp³-hybridized carbons (Fsp3) is 0.133. The van der Waals surface area contributed by atoms with Gasteiger partial charge >= 0.3 is 0 Å². The first-order valence-electron chi connectivity index (χ1n) is 6.50. The van der Waals surface area contributed by atoms with Crippen molar-refractivity contribution in [2.24, 2.45) is 0 Å². The van der Waals surface area contributed by atoms with Gasteiger partial charge in [0.25, 0.3) is 5.91 Å². The van der Waals surface area contributed by atoms with Crippen LogP contribution in [0.4, 0.5) is 0 Å². The Morgan fingerprint density at radius 2 is 2.10 bits per heavy atom. The van der Waals surface area contributed by atoms with Gasteiger partial charge in [0.2, 0.25) is 0 Å². The van der Waals surface area contributed by atoms with Crippen LogP contribution in [0.1, 0.15) is 20.7 Å². The first-order chi connectivity index (χ1) is 10.3. The number of rotatable bonds is 4. The SMILES string of the molecule is O=C(NCC(Br)c1ccccc1)c1cnn2ccncc12. The number of halogens is 1. The van der Waals surface area contributed by atoms with Crippen molar-refractivity contribution in [3.63, 3.8) is 0 Å². The van der Waals surface area contributed by atoms with Crippen LogP contribution in [0, 0.1) is 0 Å². The summed E-state index contributed by atoms with van der Waals surface area (Å²) in [7, 11) is 0. The van der Waals surface area contributed by atoms with Crippen molar-refractivity contribution in [1.29, 1.82) is 0 Å². The highest BCUT2D eigenvalue weighted by atomic mass is 79.9. The van der Waals surface area contributed by atoms with Crippen LogP contribution in [0.3, 0.4) is 0 Å². The van der Waals surface area contributed by atoms with E-state index in [1.165, 1.54) is 0 Å². The van der Waals surface area contributed by atoms with Crippen molar-refractivity contribution in [3.05, 3.63) is 66.2 Å². The lowest BCUT2D eigenvalue weighted by Gasteiger charge is -2.11. The Morgan fingerprint density at radius 1 is 1.29 bits per heavy atom. The third-order valence-corrected chi connectivity index (χ3v) is 4.02. The van der Waals surface area contributed by atoms with Crippen LogP contribution < -0.4 is 5.32 Å². The average molecular weight is 345 g/mol. The molecule has 0 aliphatic carbocycles. The molecule has 1 amide bonds. The molecule has 6 heteroatoms. The molecule has 21 heavy (non-hydrogen) atoms. The highest BCUT2D eigenvalue weighted by Crippen LogP contribution is 2.21. The van der Waals surface area contributed by atoms with Crippen LogP contribution in [-0.2, 0) is 0 Å². The van der Waals surface area contributed by atoms with Gasteiger partial charge in [0, 0.05) is 18.9 Å². The minimum atomic E-state index is -0.154. The summed E-state index contributed by atoms with van der Waals surface area (Å²) in [5.74, 6) is -0.154. The molecule has 1 atom stereocenters. The zero-order valence-corrected chi connectivity index (χ0v) is 12.7. The van der Waals surface area contributed by atoms with Gasteiger partial charge in [0.05, 0.1) is 28.3 Å². The number of amides is 1. The van der Waals surface area contributed by atoms with Gasteiger partial charge in [0.1, 0.15) is 0 Å². The molecule has 0 saturated carbocycles. The van der Waals surface area contributed by atoms with E-state index < -0.39 is 0 Å². The third-order valence-electron chi connectivity index (χ3n) is 3.17. The zero-order chi connectivity index (χ0) is 14.7. The van der Waals surface area contributed by atoms with Gasteiger partial charge in [-0.2, -0.15) is 5.10 Å². The van der Waals surface area contributed by atoms with Gasteiger partial charge in [-0.05, 0) is 5.56 Å². The highest BCUT2D eigenvalue weighted by molar-refractivity contribution is 9.09. The molecule has 5 nitrogen and oxygen atoms in total. The number of fused-ring (bicyclic) bond motifs is 1. The van der Waals surface area contributed by atoms with Crippen molar-refractivity contribution in [3.8, 4) is 0 Å². The minimum Gasteiger partial charge on any atom is -0.350 e. The second-order valence-electron chi connectivity index (χ2n) is 4.55. The molecule has 0 radical (unpaired) electrons. The lowest BCUT2D eigenvalue weighted by molar-refractivity contribution is 0.0955. The number of benzene rings is 1. The Bertz CT molecular complexity index is 756. The summed E-state index contributed by atoms with van der Waals surface area (Å²) in [4.78, 5) is 16.3. The molecule has 0 saturated heterocycles. The van der Waals surface area contributed by atoms with E-state index in [-0.39, 0.29) is 10.7 Å². The van der Waals surface area contributed by atoms with Crippen LogP contribution in [0.25, 0.3) is 5.52 Å². The van der Waals surface area contributed by atoms with Gasteiger partial charge in [-0.3, -0.25) is 9.78 Å². The van der Waals surface area contributed by atoms with Crippen LogP contribution >= 0.6 is 15.9 Å². The molecule has 1 N–H and O–H groups in total. The summed E-state index contributed by atoms with van der Waals surface area (Å²) in [6.45, 7) is 0.500. The smallest absolute Gasteiger partial charge is 0.255 e. The van der Waals surface area contributed by atoms with Crippen molar-refractivity contribution < 1.29 is 4.79 Å². The summed E-state index contributed by atoms with van der Waals surface area (Å²) in [6, 6.07) is 9.95. The lowest BCUT2D eigenvalue weighted by atomic mass is 10.1. The van der Waals surface area contributed by atoms with Crippen molar-refractivity contribution >= 4 is 27.4 Å². The Labute approximate surface area is 130 Å². The first kappa shape index (κ1) is 13.8. The van der Waals surface area contributed by atoms with E-state index in [0.29, 0.717) is 17.6 Å². The highest BCUT2D eigenvalue weighted by Gasteiger charge is 2.14. The summed E-state index contributed by atoms with van der Waals surface area (Å²) < 4.78 is 1.63. The molecule has 0 spiro atoms. The van der Waals surface area contributed by atoms with E-state index in [1.54, 1.807) is 29.3 Å². The predicted molar refractivity (Wildman–Crippen MR) is 83.4 cm³/mol. The fourth-order valence-corrected chi connectivity index (χ4v) is 2.53. The molecule has 2 aromatic heterocycles. The number of nitrogens with zero attached hydrogens (tertiary/aromatic N) is 3. The fourth-order valence-electron chi connectivity index (χ4n) is 2.07. The summed E-state index contributed by atoms with van der Waals surface area (Å²) >= 11 is 3.58. The van der Waals surface area contributed by atoms with E-state index in [2.05, 4.69) is 31.3 Å². The van der Waals surface area contributed by atoms with E-state index in [9.17, 15) is 4.79 Å². The summed E-state index contributed by atoms with van der Waals surface area (Å²) in [5.41, 5.74) is 2.34. The van der Waals surface area contributed by atoms with Crippen LogP contribution in [0.15, 0.2) is 55.1 Å². The molecule has 3 rings (SSSR count). The maximum atomic E-state index is 12.2. The molecule has 3 aromatic rings. The van der Waals surface area contributed by atoms with Gasteiger partial charge in [-0.25, -0.2) is 4.52 Å². The maximum Gasteiger partial charge on any atom is 0.255 e. The van der Waals surface area contributed by atoms with Gasteiger partial charge < -0.3 is 5.32 Å². The maximum absolute atomic E-state index is 12.2. The summed E-state index contributed by atoms with van der Waals surface area (Å²) in [5, 5.41) is 7.04. The van der Waals surface area contributed by atoms with Crippen LogP contribution in [-0.4, -0.2) is 27.0 Å². The summed E-state index contributed by atoms with van der Waals surface area (Å²) in [6.07, 6.45) is 6.53. The van der Waals surface area contributed by atoms with E-state index in [4.69, 9.17) is 0 Å². The Morgan fingerprint density at radius 3 is 2.90 bits per heavy atom. The second-order valence-corrected chi connectivity index (χ2v) is 5.66. The third kappa shape index (κ3) is 2.95. The number of carbonyl (C=O) groups excluding carboxylic acids is 1. The molecule has 2 heterocycles. The average Bonchev–Trinajstić information content (AvgIpc) is 2.97. The van der Waals surface area contributed by atoms with Crippen LogP contribution in [0.5, 0.6) is 0 Å². The number of hydrogen-bond donors (Lipinski definition) is 1. The number of hydrogen-bond acceptors (Lipinski definition) is 3. The number of aromatic nitrogens is 3. The van der Waals surface area contributed by atoms with Crippen LogP contribution in [0.2, 0.25) is 0 Å². The molecular weight excluding hydrogens is 332 g/mol. The van der Waals surface area contributed by atoms with Gasteiger partial charge in [-0.15, -0.1) is 0 Å². The largest absolute Gasteiger partial charge is 0.350 e. The Hall–Kier alpha value is -2.21. The van der Waals surface area contributed by atoms with Crippen molar-refractivity contribution in [1.82, 2.24) is 19.9 Å². The molecule has 0 bridgehead atoms. The topological polar surface area (TPSA) is 59.3 Å². The van der Waals surface area contributed by atoms with E-state index >= 15 is 0 Å². The van der Waals surface area contributed by atoms with Crippen molar-refractivity contribution in [2.45, 2.75) is 4.83 Å². The molecule has 0 fully saturated rings. The number of nitrogens with one attached hydrogen (secondary N) is 1. The van der Waals surface area contributed by atoms with Gasteiger partial charge in [0.15, 0.2) is 0 Å². The minimum absolute atomic E-state index is 0.0719. The molecular formula is C15H13BrN4O. The quantitative estimate of drug-likeness (QED) is 0.740. The first-order valence-corrected chi connectivity index (χ1v) is 7.42.